The fraction of sp³-hybridized carbons (Fsp3) is 0.483. The summed E-state index contributed by atoms with van der Waals surface area (Å²) in [6, 6.07) is 6.93. The number of nitrogens with zero attached hydrogens (tertiary/aromatic N) is 7. The Labute approximate surface area is 267 Å². The van der Waals surface area contributed by atoms with Crippen molar-refractivity contribution in [2.24, 2.45) is 5.92 Å². The molecule has 17 heteroatoms. The molecule has 2 aliphatic rings. The SMILES string of the molecule is CN(C(=O)N(C)[C@@H]1CN(C(=O)C2CCC(n3nnnc3C(F)(F)F)CC2)C[C@H]1c1ccc(F)cc1)c1cc(Br)cc(C(F)(F)F)c1. The van der Waals surface area contributed by atoms with Crippen LogP contribution in [0.1, 0.15) is 54.6 Å². The third-order valence-corrected chi connectivity index (χ3v) is 9.18. The van der Waals surface area contributed by atoms with Gasteiger partial charge in [-0.25, -0.2) is 13.9 Å². The number of carbonyl (C=O) groups is 2. The minimum atomic E-state index is -4.72. The second kappa shape index (κ2) is 12.8. The van der Waals surface area contributed by atoms with Crippen LogP contribution in [-0.4, -0.2) is 75.2 Å². The molecule has 1 aliphatic heterocycles. The molecule has 0 bridgehead atoms. The molecule has 3 amide bonds. The highest BCUT2D eigenvalue weighted by molar-refractivity contribution is 9.10. The van der Waals surface area contributed by atoms with E-state index in [1.54, 1.807) is 17.0 Å². The maximum Gasteiger partial charge on any atom is 0.453 e. The molecule has 3 aromatic rings. The molecule has 2 aromatic carbocycles. The zero-order chi connectivity index (χ0) is 33.6. The van der Waals surface area contributed by atoms with E-state index in [1.807, 2.05) is 0 Å². The van der Waals surface area contributed by atoms with Crippen molar-refractivity contribution in [2.45, 2.75) is 56.0 Å². The van der Waals surface area contributed by atoms with Crippen molar-refractivity contribution in [3.63, 3.8) is 0 Å². The lowest BCUT2D eigenvalue weighted by atomic mass is 9.85. The van der Waals surface area contributed by atoms with Crippen molar-refractivity contribution in [3.05, 3.63) is 69.7 Å². The molecule has 0 unspecified atom stereocenters. The molecule has 0 spiro atoms. The van der Waals surface area contributed by atoms with Crippen LogP contribution < -0.4 is 4.90 Å². The first-order valence-corrected chi connectivity index (χ1v) is 15.1. The number of likely N-dealkylation sites (N-methyl/N-ethyl adjacent to an activating group) is 1. The van der Waals surface area contributed by atoms with Crippen molar-refractivity contribution >= 4 is 33.6 Å². The molecule has 2 atom stereocenters. The van der Waals surface area contributed by atoms with Crippen LogP contribution in [0.5, 0.6) is 0 Å². The maximum atomic E-state index is 13.8. The van der Waals surface area contributed by atoms with Crippen LogP contribution in [0.4, 0.5) is 41.2 Å². The van der Waals surface area contributed by atoms with E-state index in [0.717, 1.165) is 21.7 Å². The number of likely N-dealkylation sites (tertiary alicyclic amines) is 1. The van der Waals surface area contributed by atoms with Crippen LogP contribution in [0, 0.1) is 11.7 Å². The average Bonchev–Trinajstić information content (AvgIpc) is 3.68. The second-order valence-corrected chi connectivity index (χ2v) is 12.5. The van der Waals surface area contributed by atoms with E-state index in [4.69, 9.17) is 0 Å². The summed E-state index contributed by atoms with van der Waals surface area (Å²) < 4.78 is 95.0. The highest BCUT2D eigenvalue weighted by Crippen LogP contribution is 2.39. The Bertz CT molecular complexity index is 1570. The zero-order valence-electron chi connectivity index (χ0n) is 24.6. The van der Waals surface area contributed by atoms with Crippen LogP contribution in [0.15, 0.2) is 46.9 Å². The molecular weight excluding hydrogens is 691 g/mol. The van der Waals surface area contributed by atoms with Crippen molar-refractivity contribution < 1.29 is 40.3 Å². The standard InChI is InChI=1S/C29H29BrF7N7O2/c1-41(22-12-18(28(32,33)34)11-19(30)13-22)27(46)42(2)24-15-43(14-23(24)16-3-7-20(31)8-4-16)25(45)17-5-9-21(10-6-17)44-26(29(35,36)37)38-39-40-44/h3-4,7-8,11-13,17,21,23-24H,5-6,9-10,14-15H2,1-2H3/t17?,21?,23-,24+/m0/s1. The van der Waals surface area contributed by atoms with Crippen molar-refractivity contribution in [1.29, 1.82) is 0 Å². The van der Waals surface area contributed by atoms with Crippen LogP contribution in [-0.2, 0) is 17.1 Å². The Balaban J connectivity index is 1.33. The molecule has 1 saturated carbocycles. The highest BCUT2D eigenvalue weighted by atomic mass is 79.9. The zero-order valence-corrected chi connectivity index (χ0v) is 26.2. The molecular formula is C29H29BrF7N7O2. The van der Waals surface area contributed by atoms with Gasteiger partial charge in [-0.2, -0.15) is 26.3 Å². The van der Waals surface area contributed by atoms with Crippen molar-refractivity contribution in [3.8, 4) is 0 Å². The number of halogens is 8. The summed E-state index contributed by atoms with van der Waals surface area (Å²) in [5, 5.41) is 9.79. The average molecular weight is 720 g/mol. The number of hydrogen-bond donors (Lipinski definition) is 0. The van der Waals surface area contributed by atoms with E-state index in [0.29, 0.717) is 18.4 Å². The van der Waals surface area contributed by atoms with Gasteiger partial charge in [0.05, 0.1) is 17.6 Å². The lowest BCUT2D eigenvalue weighted by Gasteiger charge is -2.33. The molecule has 0 N–H and O–H groups in total. The first-order valence-electron chi connectivity index (χ1n) is 14.3. The summed E-state index contributed by atoms with van der Waals surface area (Å²) in [5.41, 5.74) is -0.283. The Morgan fingerprint density at radius 1 is 0.913 bits per heavy atom. The van der Waals surface area contributed by atoms with Gasteiger partial charge in [0.15, 0.2) is 0 Å². The lowest BCUT2D eigenvalue weighted by Crippen LogP contribution is -2.48. The Morgan fingerprint density at radius 2 is 1.57 bits per heavy atom. The molecule has 5 rings (SSSR count). The predicted molar refractivity (Wildman–Crippen MR) is 154 cm³/mol. The lowest BCUT2D eigenvalue weighted by molar-refractivity contribution is -0.149. The number of benzene rings is 2. The third-order valence-electron chi connectivity index (χ3n) is 8.72. The minimum absolute atomic E-state index is 0.00386. The minimum Gasteiger partial charge on any atom is -0.340 e. The van der Waals surface area contributed by atoms with Gasteiger partial charge in [0.2, 0.25) is 5.91 Å². The van der Waals surface area contributed by atoms with Gasteiger partial charge >= 0.3 is 18.4 Å². The van der Waals surface area contributed by atoms with Gasteiger partial charge in [-0.15, -0.1) is 5.10 Å². The summed E-state index contributed by atoms with van der Waals surface area (Å²) in [4.78, 5) is 31.4. The second-order valence-electron chi connectivity index (χ2n) is 11.6. The predicted octanol–water partition coefficient (Wildman–Crippen LogP) is 6.53. The Hall–Kier alpha value is -3.76. The fourth-order valence-corrected chi connectivity index (χ4v) is 6.75. The Kier molecular flexibility index (Phi) is 9.35. The number of rotatable bonds is 5. The third kappa shape index (κ3) is 6.98. The van der Waals surface area contributed by atoms with E-state index in [1.165, 1.54) is 37.2 Å². The quantitative estimate of drug-likeness (QED) is 0.280. The van der Waals surface area contributed by atoms with E-state index < -0.39 is 59.5 Å². The molecule has 0 radical (unpaired) electrons. The number of urea groups is 1. The number of alkyl halides is 6. The van der Waals surface area contributed by atoms with Gasteiger partial charge in [-0.1, -0.05) is 28.1 Å². The summed E-state index contributed by atoms with van der Waals surface area (Å²) in [6.45, 7) is 0.269. The summed E-state index contributed by atoms with van der Waals surface area (Å²) in [7, 11) is 2.84. The number of amides is 3. The first-order chi connectivity index (χ1) is 21.5. The van der Waals surface area contributed by atoms with Gasteiger partial charge in [0, 0.05) is 49.2 Å². The maximum absolute atomic E-state index is 13.8. The fourth-order valence-electron chi connectivity index (χ4n) is 6.27. The largest absolute Gasteiger partial charge is 0.453 e. The van der Waals surface area contributed by atoms with Gasteiger partial charge < -0.3 is 9.80 Å². The molecule has 46 heavy (non-hydrogen) atoms. The normalized spacial score (nSPS) is 22.2. The number of anilines is 1. The van der Waals surface area contributed by atoms with Crippen LogP contribution >= 0.6 is 15.9 Å². The molecule has 1 aromatic heterocycles. The number of hydrogen-bond acceptors (Lipinski definition) is 5. The van der Waals surface area contributed by atoms with Crippen LogP contribution in [0.3, 0.4) is 0 Å². The summed E-state index contributed by atoms with van der Waals surface area (Å²) in [6.07, 6.45) is -8.26. The number of carbonyl (C=O) groups excluding carboxylic acids is 2. The van der Waals surface area contributed by atoms with Crippen LogP contribution in [0.2, 0.25) is 0 Å². The van der Waals surface area contributed by atoms with Gasteiger partial charge in [-0.3, -0.25) is 9.69 Å². The summed E-state index contributed by atoms with van der Waals surface area (Å²) in [5.74, 6) is -2.83. The van der Waals surface area contributed by atoms with Gasteiger partial charge in [0.1, 0.15) is 5.82 Å². The summed E-state index contributed by atoms with van der Waals surface area (Å²) >= 11 is 3.07. The molecule has 2 fully saturated rings. The van der Waals surface area contributed by atoms with Crippen molar-refractivity contribution in [2.75, 3.05) is 32.1 Å². The topological polar surface area (TPSA) is 87.5 Å². The highest BCUT2D eigenvalue weighted by Gasteiger charge is 2.44. The smallest absolute Gasteiger partial charge is 0.340 e. The molecule has 248 valence electrons. The van der Waals surface area contributed by atoms with Crippen molar-refractivity contribution in [1.82, 2.24) is 30.0 Å². The monoisotopic (exact) mass is 719 g/mol. The van der Waals surface area contributed by atoms with E-state index >= 15 is 0 Å². The van der Waals surface area contributed by atoms with Gasteiger partial charge in [-0.05, 0) is 72.0 Å². The first kappa shape index (κ1) is 33.6. The molecule has 1 saturated heterocycles. The Morgan fingerprint density at radius 3 is 2.17 bits per heavy atom. The molecule has 9 nitrogen and oxygen atoms in total. The number of aromatic nitrogens is 4. The molecule has 1 aliphatic carbocycles. The van der Waals surface area contributed by atoms with E-state index in [2.05, 4.69) is 31.5 Å². The number of tetrazole rings is 1. The van der Waals surface area contributed by atoms with E-state index in [9.17, 15) is 40.3 Å². The van der Waals surface area contributed by atoms with Gasteiger partial charge in [0.25, 0.3) is 5.82 Å². The van der Waals surface area contributed by atoms with E-state index in [-0.39, 0.29) is 42.0 Å². The molecule has 2 heterocycles. The van der Waals surface area contributed by atoms with Crippen LogP contribution in [0.25, 0.3) is 0 Å².